The number of nitrogens with two attached hydrogens (primary N) is 1. The molecule has 3 N–H and O–H groups in total. The molecule has 0 aromatic carbocycles. The van der Waals surface area contributed by atoms with E-state index >= 15 is 0 Å². The molecule has 0 aromatic heterocycles. The molecule has 0 spiro atoms. The molecule has 66 valence electrons. The maximum Gasteiger partial charge on any atom is 0.467 e. The van der Waals surface area contributed by atoms with E-state index in [-0.39, 0.29) is 0 Å². The van der Waals surface area contributed by atoms with Gasteiger partial charge in [0.2, 0.25) is 0 Å². The smallest absolute Gasteiger partial charge is 0.253 e. The summed E-state index contributed by atoms with van der Waals surface area (Å²) in [4.78, 5) is 0. The molecular formula is H3N3O6S2. The molecule has 0 atom stereocenters. The summed E-state index contributed by atoms with van der Waals surface area (Å²) in [5.74, 6) is 0. The minimum absolute atomic E-state index is 2.09. The number of nitrogens with zero attached hydrogens (tertiary/aromatic N) is 2. The van der Waals surface area contributed by atoms with E-state index in [0.717, 1.165) is 0 Å². The molecular weight excluding hydrogens is 202 g/mol. The van der Waals surface area contributed by atoms with Crippen molar-refractivity contribution in [3.8, 4) is 0 Å². The first-order valence-corrected chi connectivity index (χ1v) is 4.69. The number of hydrogen-bond acceptors (Lipinski definition) is 6. The Morgan fingerprint density at radius 3 is 2.00 bits per heavy atom. The van der Waals surface area contributed by atoms with Gasteiger partial charge in [-0.3, -0.25) is 4.55 Å². The van der Waals surface area contributed by atoms with E-state index in [0.29, 0.717) is 0 Å². The highest BCUT2D eigenvalue weighted by atomic mass is 32.3. The Morgan fingerprint density at radius 2 is 1.73 bits per heavy atom. The van der Waals surface area contributed by atoms with Gasteiger partial charge in [0.15, 0.2) is 0 Å². The molecule has 0 rings (SSSR count). The van der Waals surface area contributed by atoms with E-state index in [2.05, 4.69) is 19.2 Å². The van der Waals surface area contributed by atoms with E-state index in [4.69, 9.17) is 4.55 Å². The Labute approximate surface area is 62.0 Å². The summed E-state index contributed by atoms with van der Waals surface area (Å²) in [5.41, 5.74) is 0. The van der Waals surface area contributed by atoms with Gasteiger partial charge in [-0.1, -0.05) is 0 Å². The van der Waals surface area contributed by atoms with Crippen LogP contribution in [-0.4, -0.2) is 21.4 Å². The minimum atomic E-state index is -4.83. The summed E-state index contributed by atoms with van der Waals surface area (Å²) >= 11 is 0. The Kier molecular flexibility index (Phi) is 2.86. The van der Waals surface area contributed by atoms with Crippen LogP contribution in [0.15, 0.2) is 9.80 Å². The molecule has 0 aliphatic heterocycles. The molecule has 0 amide bonds. The third-order valence-corrected chi connectivity index (χ3v) is 0.824. The maximum atomic E-state index is 9.88. The summed E-state index contributed by atoms with van der Waals surface area (Å²) in [7, 11) is -9.12. The van der Waals surface area contributed by atoms with Gasteiger partial charge in [-0.25, -0.2) is 9.42 Å². The molecule has 9 nitrogen and oxygen atoms in total. The highest BCUT2D eigenvalue weighted by molar-refractivity contribution is 7.87. The normalized spacial score (nSPS) is 13.6. The van der Waals surface area contributed by atoms with Gasteiger partial charge in [0.1, 0.15) is 0 Å². The first kappa shape index (κ1) is 10.2. The summed E-state index contributed by atoms with van der Waals surface area (Å²) in [6.45, 7) is 0. The average molecular weight is 205 g/mol. The van der Waals surface area contributed by atoms with Crippen molar-refractivity contribution in [2.75, 3.05) is 0 Å². The molecule has 0 unspecified atom stereocenters. The van der Waals surface area contributed by atoms with Gasteiger partial charge in [0, 0.05) is 0 Å². The molecule has 0 aliphatic carbocycles. The van der Waals surface area contributed by atoms with E-state index in [1.165, 1.54) is 0 Å². The van der Waals surface area contributed by atoms with Crippen molar-refractivity contribution in [3.63, 3.8) is 0 Å². The van der Waals surface area contributed by atoms with Crippen molar-refractivity contribution >= 4 is 20.6 Å². The third-order valence-electron chi connectivity index (χ3n) is 0.275. The molecule has 11 heavy (non-hydrogen) atoms. The molecule has 0 saturated heterocycles. The van der Waals surface area contributed by atoms with Crippen LogP contribution in [0.3, 0.4) is 0 Å². The fourth-order valence-corrected chi connectivity index (χ4v) is 0.388. The van der Waals surface area contributed by atoms with Crippen LogP contribution in [0.1, 0.15) is 0 Å². The lowest BCUT2D eigenvalue weighted by atomic mass is 13.1. The third kappa shape index (κ3) is 9.22. The highest BCUT2D eigenvalue weighted by Gasteiger charge is 2.03. The van der Waals surface area contributed by atoms with Crippen LogP contribution < -0.4 is 5.14 Å². The highest BCUT2D eigenvalue weighted by Crippen LogP contribution is 1.89. The fourth-order valence-electron chi connectivity index (χ4n) is 0.102. The molecule has 0 saturated carbocycles. The zero-order valence-corrected chi connectivity index (χ0v) is 6.41. The van der Waals surface area contributed by atoms with Crippen LogP contribution in [-0.2, 0) is 24.9 Å². The number of hydrogen-bond donors (Lipinski definition) is 2. The fraction of sp³-hybridized carbons (Fsp3) is 0. The average Bonchev–Trinajstić information content (AvgIpc) is 1.55. The largest absolute Gasteiger partial charge is 0.467 e. The van der Waals surface area contributed by atoms with Crippen LogP contribution in [0.2, 0.25) is 0 Å². The molecule has 11 heteroatoms. The Morgan fingerprint density at radius 1 is 1.27 bits per heavy atom. The van der Waals surface area contributed by atoms with Gasteiger partial charge >= 0.3 is 20.6 Å². The SMILES string of the molecule is NS(=O)(=O)N=NOS(=O)(=O)O. The Bertz CT molecular complexity index is 332. The van der Waals surface area contributed by atoms with E-state index in [9.17, 15) is 16.8 Å². The van der Waals surface area contributed by atoms with Crippen molar-refractivity contribution < 1.29 is 25.7 Å². The van der Waals surface area contributed by atoms with Crippen molar-refractivity contribution in [2.24, 2.45) is 14.9 Å². The van der Waals surface area contributed by atoms with E-state index < -0.39 is 20.6 Å². The molecule has 0 radical (unpaired) electrons. The van der Waals surface area contributed by atoms with Crippen LogP contribution in [0.5, 0.6) is 0 Å². The summed E-state index contributed by atoms with van der Waals surface area (Å²) in [6, 6.07) is 0. The van der Waals surface area contributed by atoms with Crippen LogP contribution in [0.4, 0.5) is 0 Å². The lowest BCUT2D eigenvalue weighted by Gasteiger charge is -1.86. The topological polar surface area (TPSA) is 148 Å². The zero-order chi connectivity index (χ0) is 9.12. The monoisotopic (exact) mass is 205 g/mol. The first-order valence-electron chi connectivity index (χ1n) is 1.82. The number of rotatable bonds is 3. The predicted molar refractivity (Wildman–Crippen MR) is 30.6 cm³/mol. The van der Waals surface area contributed by atoms with Crippen LogP contribution in [0, 0.1) is 0 Å². The van der Waals surface area contributed by atoms with Crippen molar-refractivity contribution in [1.29, 1.82) is 0 Å². The van der Waals surface area contributed by atoms with Crippen molar-refractivity contribution in [2.45, 2.75) is 0 Å². The van der Waals surface area contributed by atoms with Gasteiger partial charge in [0.25, 0.3) is 0 Å². The van der Waals surface area contributed by atoms with Gasteiger partial charge in [-0.2, -0.15) is 16.8 Å². The quantitative estimate of drug-likeness (QED) is 0.321. The van der Waals surface area contributed by atoms with Gasteiger partial charge < -0.3 is 0 Å². The van der Waals surface area contributed by atoms with Crippen molar-refractivity contribution in [1.82, 2.24) is 0 Å². The van der Waals surface area contributed by atoms with Gasteiger partial charge in [-0.15, -0.1) is 0 Å². The Hall–Kier alpha value is -0.780. The lowest BCUT2D eigenvalue weighted by Crippen LogP contribution is -2.07. The summed E-state index contributed by atoms with van der Waals surface area (Å²) in [5, 5.41) is 6.31. The van der Waals surface area contributed by atoms with Crippen LogP contribution >= 0.6 is 0 Å². The van der Waals surface area contributed by atoms with Gasteiger partial charge in [0.05, 0.1) is 5.28 Å². The minimum Gasteiger partial charge on any atom is -0.253 e. The summed E-state index contributed by atoms with van der Waals surface area (Å²) < 4.78 is 52.1. The molecule has 0 aliphatic rings. The molecule has 0 bridgehead atoms. The van der Waals surface area contributed by atoms with Crippen molar-refractivity contribution in [3.05, 3.63) is 0 Å². The predicted octanol–water partition coefficient (Wildman–Crippen LogP) is -1.62. The zero-order valence-electron chi connectivity index (χ0n) is 4.78. The van der Waals surface area contributed by atoms with Gasteiger partial charge in [-0.05, 0) is 4.52 Å². The molecule has 0 heterocycles. The second kappa shape index (κ2) is 3.08. The first-order chi connectivity index (χ1) is 4.71. The lowest BCUT2D eigenvalue weighted by molar-refractivity contribution is 0.266. The molecule has 0 aromatic rings. The Balaban J connectivity index is 4.23. The second-order valence-electron chi connectivity index (χ2n) is 1.18. The molecule has 0 fully saturated rings. The van der Waals surface area contributed by atoms with E-state index in [1.807, 2.05) is 0 Å². The van der Waals surface area contributed by atoms with E-state index in [1.54, 1.807) is 0 Å². The van der Waals surface area contributed by atoms with Crippen LogP contribution in [0.25, 0.3) is 0 Å². The maximum absolute atomic E-state index is 9.88. The standard InChI is InChI=1S/H3N3O6S2/c1-10(4,5)3-2-9-11(6,7)8/h(H2,1,4,5)(H,6,7,8). The second-order valence-corrected chi connectivity index (χ2v) is 3.38. The summed E-state index contributed by atoms with van der Waals surface area (Å²) in [6.07, 6.45) is 0.